The number of hydrogen-bond donors (Lipinski definition) is 0. The first-order valence-corrected chi connectivity index (χ1v) is 12.1. The highest BCUT2D eigenvalue weighted by molar-refractivity contribution is 5.83. The second kappa shape index (κ2) is 8.64. The number of hydrogen-bond acceptors (Lipinski definition) is 3. The smallest absolute Gasteiger partial charge is 0.242 e. The molecule has 0 N–H and O–H groups in total. The number of likely N-dealkylation sites (N-methyl/N-ethyl adjacent to an activating group) is 1. The highest BCUT2D eigenvalue weighted by atomic mass is 16.2. The van der Waals surface area contributed by atoms with E-state index >= 15 is 0 Å². The van der Waals surface area contributed by atoms with E-state index in [0.29, 0.717) is 25.0 Å². The fraction of sp³-hybridized carbons (Fsp3) is 0.640. The molecular formula is C25H34N4O2. The van der Waals surface area contributed by atoms with Crippen molar-refractivity contribution >= 4 is 22.8 Å². The van der Waals surface area contributed by atoms with Crippen LogP contribution in [0.4, 0.5) is 0 Å². The summed E-state index contributed by atoms with van der Waals surface area (Å²) < 4.78 is 2.09. The summed E-state index contributed by atoms with van der Waals surface area (Å²) in [6.45, 7) is 1.04. The van der Waals surface area contributed by atoms with Gasteiger partial charge in [0.05, 0.1) is 11.0 Å². The van der Waals surface area contributed by atoms with Crippen LogP contribution in [0.25, 0.3) is 11.0 Å². The molecule has 2 heterocycles. The lowest BCUT2D eigenvalue weighted by molar-refractivity contribution is -0.133. The minimum absolute atomic E-state index is 0.0632. The summed E-state index contributed by atoms with van der Waals surface area (Å²) >= 11 is 0. The van der Waals surface area contributed by atoms with Gasteiger partial charge in [-0.05, 0) is 37.8 Å². The van der Waals surface area contributed by atoms with Crippen LogP contribution in [0.5, 0.6) is 0 Å². The summed E-state index contributed by atoms with van der Waals surface area (Å²) in [7, 11) is 1.96. The Bertz CT molecular complexity index is 956. The molecule has 6 nitrogen and oxygen atoms in total. The zero-order chi connectivity index (χ0) is 21.4. The highest BCUT2D eigenvalue weighted by Crippen LogP contribution is 2.35. The van der Waals surface area contributed by atoms with Crippen molar-refractivity contribution in [3.63, 3.8) is 0 Å². The van der Waals surface area contributed by atoms with Gasteiger partial charge in [-0.2, -0.15) is 0 Å². The first-order valence-electron chi connectivity index (χ1n) is 12.1. The Balaban J connectivity index is 1.40. The van der Waals surface area contributed by atoms with Gasteiger partial charge in [-0.1, -0.05) is 44.2 Å². The molecule has 1 aromatic heterocycles. The molecule has 1 aromatic carbocycles. The maximum atomic E-state index is 13.3. The molecule has 166 valence electrons. The zero-order valence-corrected chi connectivity index (χ0v) is 18.6. The van der Waals surface area contributed by atoms with E-state index in [4.69, 9.17) is 4.98 Å². The van der Waals surface area contributed by atoms with Crippen molar-refractivity contribution in [2.24, 2.45) is 0 Å². The molecule has 1 saturated heterocycles. The average molecular weight is 423 g/mol. The molecule has 0 spiro atoms. The highest BCUT2D eigenvalue weighted by Gasteiger charge is 2.38. The number of imidazole rings is 1. The predicted molar refractivity (Wildman–Crippen MR) is 121 cm³/mol. The number of nitrogens with zero attached hydrogens (tertiary/aromatic N) is 4. The van der Waals surface area contributed by atoms with Crippen LogP contribution in [0.3, 0.4) is 0 Å². The summed E-state index contributed by atoms with van der Waals surface area (Å²) in [6.07, 6.45) is 11.1. The van der Waals surface area contributed by atoms with Crippen molar-refractivity contribution in [1.82, 2.24) is 19.4 Å². The van der Waals surface area contributed by atoms with Gasteiger partial charge in [-0.3, -0.25) is 9.59 Å². The molecule has 31 heavy (non-hydrogen) atoms. The maximum Gasteiger partial charge on any atom is 0.242 e. The quantitative estimate of drug-likeness (QED) is 0.729. The standard InChI is InChI=1S/C25H34N4O2/c1-27(19-9-3-2-4-10-19)24(31)17-29-22-14-8-7-13-21(22)26-25(29)18-15-23(30)28(16-18)20-11-5-6-12-20/h7-8,13-14,18-20H,2-6,9-12,15-17H2,1H3. The van der Waals surface area contributed by atoms with Crippen molar-refractivity contribution in [2.75, 3.05) is 13.6 Å². The Morgan fingerprint density at radius 1 is 1.06 bits per heavy atom. The topological polar surface area (TPSA) is 58.4 Å². The van der Waals surface area contributed by atoms with Gasteiger partial charge in [0, 0.05) is 38.0 Å². The fourth-order valence-electron chi connectivity index (χ4n) is 5.96. The van der Waals surface area contributed by atoms with E-state index in [0.717, 1.165) is 49.1 Å². The minimum Gasteiger partial charge on any atom is -0.341 e. The van der Waals surface area contributed by atoms with Crippen molar-refractivity contribution in [2.45, 2.75) is 88.8 Å². The number of benzene rings is 1. The summed E-state index contributed by atoms with van der Waals surface area (Å²) in [5.41, 5.74) is 1.91. The molecule has 0 radical (unpaired) electrons. The van der Waals surface area contributed by atoms with Crippen LogP contribution in [-0.2, 0) is 16.1 Å². The van der Waals surface area contributed by atoms with Gasteiger partial charge in [0.25, 0.3) is 0 Å². The Kier molecular flexibility index (Phi) is 5.72. The van der Waals surface area contributed by atoms with Crippen LogP contribution in [0, 0.1) is 0 Å². The van der Waals surface area contributed by atoms with E-state index in [1.807, 2.05) is 36.2 Å². The molecule has 1 aliphatic heterocycles. The van der Waals surface area contributed by atoms with Gasteiger partial charge < -0.3 is 14.4 Å². The largest absolute Gasteiger partial charge is 0.341 e. The summed E-state index contributed by atoms with van der Waals surface area (Å²) in [5.74, 6) is 1.36. The normalized spacial score (nSPS) is 23.2. The van der Waals surface area contributed by atoms with E-state index in [1.54, 1.807) is 0 Å². The Hall–Kier alpha value is -2.37. The molecule has 3 aliphatic rings. The first kappa shape index (κ1) is 20.5. The summed E-state index contributed by atoms with van der Waals surface area (Å²) in [4.78, 5) is 35.1. The molecule has 1 atom stereocenters. The van der Waals surface area contributed by atoms with Crippen LogP contribution < -0.4 is 0 Å². The third-order valence-corrected chi connectivity index (χ3v) is 7.78. The zero-order valence-electron chi connectivity index (χ0n) is 18.6. The van der Waals surface area contributed by atoms with Crippen molar-refractivity contribution in [3.8, 4) is 0 Å². The number of carbonyl (C=O) groups is 2. The number of carbonyl (C=O) groups excluding carboxylic acids is 2. The lowest BCUT2D eigenvalue weighted by Crippen LogP contribution is -2.40. The van der Waals surface area contributed by atoms with E-state index in [9.17, 15) is 9.59 Å². The molecule has 2 amide bonds. The molecule has 2 aromatic rings. The maximum absolute atomic E-state index is 13.3. The van der Waals surface area contributed by atoms with Gasteiger partial charge in [0.1, 0.15) is 12.4 Å². The van der Waals surface area contributed by atoms with Crippen molar-refractivity contribution in [1.29, 1.82) is 0 Å². The number of rotatable bonds is 5. The SMILES string of the molecule is CN(C(=O)Cn1c(C2CC(=O)N(C3CCCC3)C2)nc2ccccc21)C1CCCCC1. The summed E-state index contributed by atoms with van der Waals surface area (Å²) in [6, 6.07) is 8.80. The molecule has 0 bridgehead atoms. The predicted octanol–water partition coefficient (Wildman–Crippen LogP) is 4.09. The van der Waals surface area contributed by atoms with Gasteiger partial charge >= 0.3 is 0 Å². The lowest BCUT2D eigenvalue weighted by atomic mass is 9.94. The lowest BCUT2D eigenvalue weighted by Gasteiger charge is -2.31. The van der Waals surface area contributed by atoms with Crippen LogP contribution in [-0.4, -0.2) is 56.8 Å². The van der Waals surface area contributed by atoms with Crippen molar-refractivity contribution in [3.05, 3.63) is 30.1 Å². The number of para-hydroxylation sites is 2. The molecule has 1 unspecified atom stereocenters. The van der Waals surface area contributed by atoms with E-state index in [2.05, 4.69) is 9.47 Å². The van der Waals surface area contributed by atoms with Crippen molar-refractivity contribution < 1.29 is 9.59 Å². The van der Waals surface area contributed by atoms with Gasteiger partial charge in [0.15, 0.2) is 0 Å². The molecule has 2 saturated carbocycles. The minimum atomic E-state index is 0.0632. The Morgan fingerprint density at radius 3 is 2.55 bits per heavy atom. The van der Waals surface area contributed by atoms with Gasteiger partial charge in [-0.25, -0.2) is 4.98 Å². The monoisotopic (exact) mass is 422 g/mol. The molecular weight excluding hydrogens is 388 g/mol. The van der Waals surface area contributed by atoms with Crippen LogP contribution in [0.15, 0.2) is 24.3 Å². The first-order chi connectivity index (χ1) is 15.1. The third-order valence-electron chi connectivity index (χ3n) is 7.78. The second-order valence-electron chi connectivity index (χ2n) is 9.73. The number of aromatic nitrogens is 2. The van der Waals surface area contributed by atoms with Gasteiger partial charge in [0.2, 0.25) is 11.8 Å². The number of likely N-dealkylation sites (tertiary alicyclic amines) is 1. The van der Waals surface area contributed by atoms with Gasteiger partial charge in [-0.15, -0.1) is 0 Å². The average Bonchev–Trinajstić information content (AvgIpc) is 3.53. The molecule has 3 fully saturated rings. The molecule has 6 heteroatoms. The van der Waals surface area contributed by atoms with Crippen LogP contribution >= 0.6 is 0 Å². The third kappa shape index (κ3) is 3.97. The number of amides is 2. The van der Waals surface area contributed by atoms with Crippen LogP contribution in [0.1, 0.15) is 76.0 Å². The van der Waals surface area contributed by atoms with E-state index in [-0.39, 0.29) is 17.7 Å². The molecule has 2 aliphatic carbocycles. The molecule has 5 rings (SSSR count). The number of fused-ring (bicyclic) bond motifs is 1. The second-order valence-corrected chi connectivity index (χ2v) is 9.73. The Labute approximate surface area is 184 Å². The van der Waals surface area contributed by atoms with Crippen LogP contribution in [0.2, 0.25) is 0 Å². The Morgan fingerprint density at radius 2 is 1.77 bits per heavy atom. The van der Waals surface area contributed by atoms with E-state index in [1.165, 1.54) is 32.1 Å². The fourth-order valence-corrected chi connectivity index (χ4v) is 5.96. The van der Waals surface area contributed by atoms with E-state index < -0.39 is 0 Å². The summed E-state index contributed by atoms with van der Waals surface area (Å²) in [5, 5.41) is 0.